The van der Waals surface area contributed by atoms with E-state index in [1.807, 2.05) is 54.6 Å². The van der Waals surface area contributed by atoms with Crippen LogP contribution in [0.5, 0.6) is 0 Å². The number of aromatic nitrogens is 1. The van der Waals surface area contributed by atoms with Crippen molar-refractivity contribution < 1.29 is 4.42 Å². The van der Waals surface area contributed by atoms with Crippen molar-refractivity contribution in [3.63, 3.8) is 0 Å². The van der Waals surface area contributed by atoms with Gasteiger partial charge in [-0.2, -0.15) is 5.10 Å². The van der Waals surface area contributed by atoms with Gasteiger partial charge in [0.2, 0.25) is 5.13 Å². The van der Waals surface area contributed by atoms with E-state index in [-0.39, 0.29) is 5.63 Å². The van der Waals surface area contributed by atoms with Gasteiger partial charge in [0.25, 0.3) is 0 Å². The fourth-order valence-corrected chi connectivity index (χ4v) is 3.15. The van der Waals surface area contributed by atoms with Crippen molar-refractivity contribution in [3.8, 4) is 10.4 Å². The van der Waals surface area contributed by atoms with Gasteiger partial charge in [0.15, 0.2) is 0 Å². The summed E-state index contributed by atoms with van der Waals surface area (Å²) < 4.78 is 5.37. The van der Waals surface area contributed by atoms with E-state index in [0.717, 1.165) is 15.8 Å². The van der Waals surface area contributed by atoms with Gasteiger partial charge in [-0.15, -0.1) is 0 Å². The molecule has 0 spiro atoms. The minimum Gasteiger partial charge on any atom is -0.422 e. The van der Waals surface area contributed by atoms with E-state index in [0.29, 0.717) is 16.3 Å². The van der Waals surface area contributed by atoms with Gasteiger partial charge in [-0.3, -0.25) is 5.43 Å². The van der Waals surface area contributed by atoms with Gasteiger partial charge in [0.05, 0.1) is 16.7 Å². The van der Waals surface area contributed by atoms with E-state index in [2.05, 4.69) is 15.5 Å². The van der Waals surface area contributed by atoms with Crippen molar-refractivity contribution in [2.24, 2.45) is 5.10 Å². The summed E-state index contributed by atoms with van der Waals surface area (Å²) in [6.45, 7) is 0. The van der Waals surface area contributed by atoms with Crippen LogP contribution < -0.4 is 11.1 Å². The Labute approximate surface area is 147 Å². The van der Waals surface area contributed by atoms with Crippen LogP contribution in [0, 0.1) is 0 Å². The van der Waals surface area contributed by atoms with E-state index < -0.39 is 0 Å². The number of nitrogens with one attached hydrogen (secondary N) is 1. The number of nitrogens with zero attached hydrogens (tertiary/aromatic N) is 2. The number of para-hydroxylation sites is 1. The molecule has 2 aromatic carbocycles. The largest absolute Gasteiger partial charge is 0.422 e. The molecule has 6 heteroatoms. The predicted molar refractivity (Wildman–Crippen MR) is 101 cm³/mol. The summed E-state index contributed by atoms with van der Waals surface area (Å²) in [4.78, 5) is 17.2. The zero-order valence-corrected chi connectivity index (χ0v) is 13.9. The summed E-state index contributed by atoms with van der Waals surface area (Å²) in [7, 11) is 0. The lowest BCUT2D eigenvalue weighted by molar-refractivity contribution is 0.563. The molecule has 4 rings (SSSR count). The highest BCUT2D eigenvalue weighted by Gasteiger charge is 2.11. The SMILES string of the molecule is O=c1oc2ccccc2cc1-c1cnc(N/N=C/c2ccccc2)s1. The van der Waals surface area contributed by atoms with E-state index in [1.54, 1.807) is 18.5 Å². The Morgan fingerprint density at radius 3 is 2.76 bits per heavy atom. The van der Waals surface area contributed by atoms with Crippen LogP contribution >= 0.6 is 11.3 Å². The summed E-state index contributed by atoms with van der Waals surface area (Å²) in [6, 6.07) is 19.0. The maximum absolute atomic E-state index is 12.2. The fraction of sp³-hybridized carbons (Fsp3) is 0. The molecule has 25 heavy (non-hydrogen) atoms. The van der Waals surface area contributed by atoms with Gasteiger partial charge < -0.3 is 4.42 Å². The highest BCUT2D eigenvalue weighted by atomic mass is 32.1. The van der Waals surface area contributed by atoms with Crippen molar-refractivity contribution in [1.82, 2.24) is 4.98 Å². The molecular formula is C19H13N3O2S. The second-order valence-electron chi connectivity index (χ2n) is 5.30. The van der Waals surface area contributed by atoms with Crippen molar-refractivity contribution in [2.45, 2.75) is 0 Å². The highest BCUT2D eigenvalue weighted by Crippen LogP contribution is 2.28. The number of hydrogen-bond donors (Lipinski definition) is 1. The molecule has 2 heterocycles. The lowest BCUT2D eigenvalue weighted by atomic mass is 10.2. The highest BCUT2D eigenvalue weighted by molar-refractivity contribution is 7.18. The third-order valence-corrected chi connectivity index (χ3v) is 4.52. The Balaban J connectivity index is 1.58. The predicted octanol–water partition coefficient (Wildman–Crippen LogP) is 4.36. The molecule has 1 N–H and O–H groups in total. The zero-order chi connectivity index (χ0) is 17.1. The summed E-state index contributed by atoms with van der Waals surface area (Å²) in [5.74, 6) is 0. The molecule has 4 aromatic rings. The average molecular weight is 347 g/mol. The standard InChI is InChI=1S/C19H13N3O2S/c23-18-15(10-14-8-4-5-9-16(14)24-18)17-12-20-19(25-17)22-21-11-13-6-2-1-3-7-13/h1-12H,(H,20,22)/b21-11+. The third-order valence-electron chi connectivity index (χ3n) is 3.59. The maximum Gasteiger partial charge on any atom is 0.345 e. The molecular weight excluding hydrogens is 334 g/mol. The average Bonchev–Trinajstić information content (AvgIpc) is 3.11. The minimum atomic E-state index is -0.373. The molecule has 122 valence electrons. The lowest BCUT2D eigenvalue weighted by Gasteiger charge is -1.99. The summed E-state index contributed by atoms with van der Waals surface area (Å²) in [6.07, 6.45) is 3.36. The molecule has 0 atom stereocenters. The Kier molecular flexibility index (Phi) is 4.10. The van der Waals surface area contributed by atoms with Crippen LogP contribution in [0.2, 0.25) is 0 Å². The molecule has 5 nitrogen and oxygen atoms in total. The number of rotatable bonds is 4. The minimum absolute atomic E-state index is 0.373. The first kappa shape index (κ1) is 15.3. The van der Waals surface area contributed by atoms with Crippen molar-refractivity contribution in [1.29, 1.82) is 0 Å². The van der Waals surface area contributed by atoms with Gasteiger partial charge in [0, 0.05) is 11.6 Å². The van der Waals surface area contributed by atoms with E-state index in [4.69, 9.17) is 4.42 Å². The Bertz CT molecular complexity index is 1100. The van der Waals surface area contributed by atoms with Crippen LogP contribution in [-0.2, 0) is 0 Å². The van der Waals surface area contributed by atoms with Crippen LogP contribution in [0.4, 0.5) is 5.13 Å². The number of thiazole rings is 1. The van der Waals surface area contributed by atoms with Gasteiger partial charge in [0.1, 0.15) is 5.58 Å². The second kappa shape index (κ2) is 6.70. The Morgan fingerprint density at radius 1 is 1.08 bits per heavy atom. The van der Waals surface area contributed by atoms with E-state index in [9.17, 15) is 4.79 Å². The fourth-order valence-electron chi connectivity index (χ4n) is 2.39. The van der Waals surface area contributed by atoms with Crippen LogP contribution in [0.3, 0.4) is 0 Å². The molecule has 0 unspecified atom stereocenters. The summed E-state index contributed by atoms with van der Waals surface area (Å²) in [5, 5.41) is 5.65. The number of hydrogen-bond acceptors (Lipinski definition) is 6. The second-order valence-corrected chi connectivity index (χ2v) is 6.33. The van der Waals surface area contributed by atoms with Gasteiger partial charge in [-0.05, 0) is 17.7 Å². The molecule has 0 aliphatic carbocycles. The smallest absolute Gasteiger partial charge is 0.345 e. The van der Waals surface area contributed by atoms with E-state index >= 15 is 0 Å². The van der Waals surface area contributed by atoms with Gasteiger partial charge in [-0.25, -0.2) is 9.78 Å². The van der Waals surface area contributed by atoms with Crippen LogP contribution in [0.1, 0.15) is 5.56 Å². The molecule has 2 aromatic heterocycles. The Morgan fingerprint density at radius 2 is 1.88 bits per heavy atom. The number of anilines is 1. The van der Waals surface area contributed by atoms with Crippen molar-refractivity contribution in [2.75, 3.05) is 5.43 Å². The van der Waals surface area contributed by atoms with Gasteiger partial charge >= 0.3 is 5.63 Å². The maximum atomic E-state index is 12.2. The molecule has 0 fully saturated rings. The van der Waals surface area contributed by atoms with E-state index in [1.165, 1.54) is 11.3 Å². The van der Waals surface area contributed by atoms with Crippen molar-refractivity contribution in [3.05, 3.63) is 82.8 Å². The number of benzene rings is 2. The first-order valence-corrected chi connectivity index (χ1v) is 8.44. The summed E-state index contributed by atoms with van der Waals surface area (Å²) >= 11 is 1.35. The van der Waals surface area contributed by atoms with Crippen LogP contribution in [-0.4, -0.2) is 11.2 Å². The molecule has 0 aliphatic heterocycles. The Hall–Kier alpha value is -3.25. The monoisotopic (exact) mass is 347 g/mol. The number of fused-ring (bicyclic) bond motifs is 1. The van der Waals surface area contributed by atoms with Crippen LogP contribution in [0.25, 0.3) is 21.4 Å². The zero-order valence-electron chi connectivity index (χ0n) is 13.0. The van der Waals surface area contributed by atoms with Gasteiger partial charge in [-0.1, -0.05) is 59.9 Å². The summed E-state index contributed by atoms with van der Waals surface area (Å²) in [5.41, 5.74) is 4.57. The number of hydrazone groups is 1. The molecule has 0 amide bonds. The molecule has 0 radical (unpaired) electrons. The first-order valence-electron chi connectivity index (χ1n) is 7.63. The van der Waals surface area contributed by atoms with Crippen molar-refractivity contribution >= 4 is 33.7 Å². The third kappa shape index (κ3) is 3.34. The normalized spacial score (nSPS) is 11.2. The molecule has 0 aliphatic rings. The molecule has 0 saturated heterocycles. The lowest BCUT2D eigenvalue weighted by Crippen LogP contribution is -2.01. The quantitative estimate of drug-likeness (QED) is 0.338. The molecule has 0 bridgehead atoms. The topological polar surface area (TPSA) is 67.5 Å². The molecule has 0 saturated carbocycles. The van der Waals surface area contributed by atoms with Crippen LogP contribution in [0.15, 0.2) is 81.2 Å². The first-order chi connectivity index (χ1) is 12.3.